The molecule has 4 nitrogen and oxygen atoms in total. The topological polar surface area (TPSA) is 61.7 Å². The lowest BCUT2D eigenvalue weighted by Crippen LogP contribution is -2.16. The summed E-state index contributed by atoms with van der Waals surface area (Å²) >= 11 is 0. The van der Waals surface area contributed by atoms with Gasteiger partial charge in [0, 0.05) is 12.0 Å². The van der Waals surface area contributed by atoms with Gasteiger partial charge in [0.05, 0.1) is 6.21 Å². The minimum absolute atomic E-state index is 0.0804. The van der Waals surface area contributed by atoms with Crippen molar-refractivity contribution in [1.29, 1.82) is 0 Å². The number of hydrogen-bond donors (Lipinski definition) is 2. The molecule has 1 aromatic carbocycles. The van der Waals surface area contributed by atoms with Gasteiger partial charge in [0.2, 0.25) is 5.91 Å². The summed E-state index contributed by atoms with van der Waals surface area (Å²) in [6.07, 6.45) is 7.56. The second kappa shape index (κ2) is 9.14. The van der Waals surface area contributed by atoms with Crippen LogP contribution < -0.4 is 5.43 Å². The van der Waals surface area contributed by atoms with Gasteiger partial charge in [-0.2, -0.15) is 5.10 Å². The van der Waals surface area contributed by atoms with E-state index in [2.05, 4.69) is 17.5 Å². The Bertz CT molecular complexity index is 416. The fourth-order valence-electron chi connectivity index (χ4n) is 1.72. The molecular weight excluding hydrogens is 240 g/mol. The first kappa shape index (κ1) is 15.2. The molecule has 0 saturated heterocycles. The van der Waals surface area contributed by atoms with Crippen LogP contribution in [0.2, 0.25) is 0 Å². The first-order chi connectivity index (χ1) is 9.24. The lowest BCUT2D eigenvalue weighted by Gasteiger charge is -2.00. The van der Waals surface area contributed by atoms with Gasteiger partial charge in [-0.3, -0.25) is 4.79 Å². The van der Waals surface area contributed by atoms with Crippen molar-refractivity contribution in [2.24, 2.45) is 5.10 Å². The van der Waals surface area contributed by atoms with Crippen molar-refractivity contribution >= 4 is 12.1 Å². The third-order valence-corrected chi connectivity index (χ3v) is 2.84. The van der Waals surface area contributed by atoms with Gasteiger partial charge in [0.25, 0.3) is 0 Å². The van der Waals surface area contributed by atoms with E-state index in [1.54, 1.807) is 24.3 Å². The zero-order valence-corrected chi connectivity index (χ0v) is 11.4. The number of benzene rings is 1. The van der Waals surface area contributed by atoms with Crippen molar-refractivity contribution in [2.45, 2.75) is 45.4 Å². The van der Waals surface area contributed by atoms with E-state index in [9.17, 15) is 9.90 Å². The number of nitrogens with zero attached hydrogens (tertiary/aromatic N) is 1. The first-order valence-electron chi connectivity index (χ1n) is 6.84. The van der Waals surface area contributed by atoms with Gasteiger partial charge in [-0.05, 0) is 18.6 Å². The highest BCUT2D eigenvalue weighted by atomic mass is 16.3. The molecule has 0 saturated carbocycles. The van der Waals surface area contributed by atoms with Crippen molar-refractivity contribution in [3.8, 4) is 5.75 Å². The summed E-state index contributed by atoms with van der Waals surface area (Å²) in [6, 6.07) is 6.85. The van der Waals surface area contributed by atoms with Crippen LogP contribution in [0.1, 0.15) is 51.0 Å². The quantitative estimate of drug-likeness (QED) is 0.429. The molecule has 0 aliphatic rings. The number of phenols is 1. The summed E-state index contributed by atoms with van der Waals surface area (Å²) < 4.78 is 0. The second-order valence-electron chi connectivity index (χ2n) is 4.52. The third-order valence-electron chi connectivity index (χ3n) is 2.84. The minimum Gasteiger partial charge on any atom is -0.507 e. The number of unbranched alkanes of at least 4 members (excludes halogenated alkanes) is 4. The Kier molecular flexibility index (Phi) is 7.32. The number of para-hydroxylation sites is 1. The Balaban J connectivity index is 2.21. The molecule has 0 atom stereocenters. The van der Waals surface area contributed by atoms with Crippen LogP contribution in [-0.4, -0.2) is 17.2 Å². The van der Waals surface area contributed by atoms with Crippen molar-refractivity contribution < 1.29 is 9.90 Å². The van der Waals surface area contributed by atoms with E-state index in [0.717, 1.165) is 12.8 Å². The van der Waals surface area contributed by atoms with Crippen molar-refractivity contribution in [3.05, 3.63) is 29.8 Å². The third kappa shape index (κ3) is 6.60. The van der Waals surface area contributed by atoms with E-state index >= 15 is 0 Å². The highest BCUT2D eigenvalue weighted by Gasteiger charge is 1.99. The van der Waals surface area contributed by atoms with Crippen LogP contribution in [-0.2, 0) is 4.79 Å². The first-order valence-corrected chi connectivity index (χ1v) is 6.84. The van der Waals surface area contributed by atoms with E-state index in [0.29, 0.717) is 12.0 Å². The van der Waals surface area contributed by atoms with E-state index < -0.39 is 0 Å². The maximum absolute atomic E-state index is 11.5. The smallest absolute Gasteiger partial charge is 0.240 e. The summed E-state index contributed by atoms with van der Waals surface area (Å²) in [6.45, 7) is 2.17. The maximum Gasteiger partial charge on any atom is 0.240 e. The molecule has 0 spiro atoms. The Morgan fingerprint density at radius 2 is 2.00 bits per heavy atom. The fourth-order valence-corrected chi connectivity index (χ4v) is 1.72. The molecule has 0 unspecified atom stereocenters. The molecule has 0 fully saturated rings. The molecule has 0 heterocycles. The molecular formula is C15H22N2O2. The Hall–Kier alpha value is -1.84. The zero-order valence-electron chi connectivity index (χ0n) is 11.4. The molecule has 1 rings (SSSR count). The number of carbonyl (C=O) groups excluding carboxylic acids is 1. The van der Waals surface area contributed by atoms with Crippen LogP contribution in [0.15, 0.2) is 29.4 Å². The van der Waals surface area contributed by atoms with Crippen LogP contribution in [0.4, 0.5) is 0 Å². The molecule has 0 aliphatic heterocycles. The number of hydrogen-bond acceptors (Lipinski definition) is 3. The van der Waals surface area contributed by atoms with Crippen LogP contribution in [0.5, 0.6) is 5.75 Å². The highest BCUT2D eigenvalue weighted by molar-refractivity contribution is 5.84. The molecule has 1 amide bonds. The highest BCUT2D eigenvalue weighted by Crippen LogP contribution is 2.12. The van der Waals surface area contributed by atoms with Crippen molar-refractivity contribution in [1.82, 2.24) is 5.43 Å². The van der Waals surface area contributed by atoms with Crippen molar-refractivity contribution in [3.63, 3.8) is 0 Å². The van der Waals surface area contributed by atoms with Crippen LogP contribution in [0.3, 0.4) is 0 Å². The molecule has 104 valence electrons. The summed E-state index contributed by atoms with van der Waals surface area (Å²) in [5, 5.41) is 13.3. The number of amides is 1. The van der Waals surface area contributed by atoms with Crippen molar-refractivity contribution in [2.75, 3.05) is 0 Å². The van der Waals surface area contributed by atoms with Gasteiger partial charge >= 0.3 is 0 Å². The molecule has 19 heavy (non-hydrogen) atoms. The van der Waals surface area contributed by atoms with Crippen LogP contribution >= 0.6 is 0 Å². The number of nitrogens with one attached hydrogen (secondary N) is 1. The van der Waals surface area contributed by atoms with E-state index in [1.165, 1.54) is 25.5 Å². The van der Waals surface area contributed by atoms with E-state index in [-0.39, 0.29) is 11.7 Å². The predicted molar refractivity (Wildman–Crippen MR) is 77.2 cm³/mol. The van der Waals surface area contributed by atoms with Gasteiger partial charge in [0.1, 0.15) is 5.75 Å². The predicted octanol–water partition coefficient (Wildman–Crippen LogP) is 3.20. The largest absolute Gasteiger partial charge is 0.507 e. The lowest BCUT2D eigenvalue weighted by molar-refractivity contribution is -0.121. The molecule has 0 radical (unpaired) electrons. The number of aromatic hydroxyl groups is 1. The zero-order chi connectivity index (χ0) is 13.9. The van der Waals surface area contributed by atoms with Crippen LogP contribution in [0, 0.1) is 0 Å². The molecule has 4 heteroatoms. The van der Waals surface area contributed by atoms with Crippen LogP contribution in [0.25, 0.3) is 0 Å². The Morgan fingerprint density at radius 1 is 1.26 bits per heavy atom. The van der Waals surface area contributed by atoms with Gasteiger partial charge in [-0.1, -0.05) is 44.7 Å². The summed E-state index contributed by atoms with van der Waals surface area (Å²) in [7, 11) is 0. The van der Waals surface area contributed by atoms with Gasteiger partial charge in [-0.25, -0.2) is 5.43 Å². The lowest BCUT2D eigenvalue weighted by atomic mass is 10.1. The standard InChI is InChI=1S/C15H22N2O2/c1-2-3-4-5-6-11-15(19)17-16-12-13-9-7-8-10-14(13)18/h7-10,12,18H,2-6,11H2,1H3,(H,17,19). The summed E-state index contributed by atoms with van der Waals surface area (Å²) in [5.74, 6) is 0.0724. The van der Waals surface area contributed by atoms with E-state index in [4.69, 9.17) is 0 Å². The van der Waals surface area contributed by atoms with E-state index in [1.807, 2.05) is 0 Å². The summed E-state index contributed by atoms with van der Waals surface area (Å²) in [5.41, 5.74) is 3.06. The maximum atomic E-state index is 11.5. The van der Waals surface area contributed by atoms with Gasteiger partial charge < -0.3 is 5.11 Å². The average Bonchev–Trinajstić information content (AvgIpc) is 2.41. The minimum atomic E-state index is -0.0804. The summed E-state index contributed by atoms with van der Waals surface area (Å²) in [4.78, 5) is 11.5. The number of hydrazone groups is 1. The Morgan fingerprint density at radius 3 is 2.74 bits per heavy atom. The fraction of sp³-hybridized carbons (Fsp3) is 0.467. The number of phenolic OH excluding ortho intramolecular Hbond substituents is 1. The molecule has 0 aromatic heterocycles. The van der Waals surface area contributed by atoms with Gasteiger partial charge in [0.15, 0.2) is 0 Å². The number of carbonyl (C=O) groups is 1. The SMILES string of the molecule is CCCCCCCC(=O)NN=Cc1ccccc1O. The van der Waals surface area contributed by atoms with Gasteiger partial charge in [-0.15, -0.1) is 0 Å². The molecule has 1 aromatic rings. The monoisotopic (exact) mass is 262 g/mol. The normalized spacial score (nSPS) is 10.8. The molecule has 0 aliphatic carbocycles. The second-order valence-corrected chi connectivity index (χ2v) is 4.52. The number of rotatable bonds is 8. The average molecular weight is 262 g/mol. The molecule has 2 N–H and O–H groups in total. The Labute approximate surface area is 114 Å². The molecule has 0 bridgehead atoms.